The predicted molar refractivity (Wildman–Crippen MR) is 67.6 cm³/mol. The second kappa shape index (κ2) is 4.59. The third kappa shape index (κ3) is 2.17. The third-order valence-electron chi connectivity index (χ3n) is 2.70. The lowest BCUT2D eigenvalue weighted by Gasteiger charge is -2.04. The van der Waals surface area contributed by atoms with E-state index in [1.54, 1.807) is 6.92 Å². The molecule has 1 aromatic heterocycles. The molecule has 0 aliphatic carbocycles. The van der Waals surface area contributed by atoms with Gasteiger partial charge in [0.05, 0.1) is 5.52 Å². The highest BCUT2D eigenvalue weighted by atomic mass is 16.5. The highest BCUT2D eigenvalue weighted by molar-refractivity contribution is 6.08. The quantitative estimate of drug-likeness (QED) is 0.792. The van der Waals surface area contributed by atoms with E-state index >= 15 is 0 Å². The van der Waals surface area contributed by atoms with Crippen molar-refractivity contribution in [1.29, 1.82) is 0 Å². The van der Waals surface area contributed by atoms with Crippen LogP contribution in [0, 0.1) is 6.92 Å². The molecule has 2 aromatic rings. The van der Waals surface area contributed by atoms with Gasteiger partial charge in [0.25, 0.3) is 0 Å². The summed E-state index contributed by atoms with van der Waals surface area (Å²) in [5.41, 5.74) is 7.95. The SMILES string of the molecule is CC(=O)c1c(C)[nH]c2cc(OCCN)ccc12. The Morgan fingerprint density at radius 2 is 2.24 bits per heavy atom. The van der Waals surface area contributed by atoms with Crippen molar-refractivity contribution in [3.05, 3.63) is 29.5 Å². The number of Topliss-reactive ketones (excluding diaryl/α,β-unsaturated/α-hetero) is 1. The van der Waals surface area contributed by atoms with Crippen LogP contribution in [0.4, 0.5) is 0 Å². The van der Waals surface area contributed by atoms with E-state index in [1.807, 2.05) is 25.1 Å². The smallest absolute Gasteiger partial charge is 0.162 e. The number of carbonyl (C=O) groups excluding carboxylic acids is 1. The Kier molecular flexibility index (Phi) is 3.15. The highest BCUT2D eigenvalue weighted by Gasteiger charge is 2.12. The molecule has 3 N–H and O–H groups in total. The minimum absolute atomic E-state index is 0.0735. The number of ketones is 1. The number of nitrogens with two attached hydrogens (primary N) is 1. The Morgan fingerprint density at radius 3 is 2.88 bits per heavy atom. The van der Waals surface area contributed by atoms with Crippen molar-refractivity contribution < 1.29 is 9.53 Å². The molecule has 0 bridgehead atoms. The second-order valence-corrected chi connectivity index (χ2v) is 4.03. The van der Waals surface area contributed by atoms with Gasteiger partial charge < -0.3 is 15.5 Å². The summed E-state index contributed by atoms with van der Waals surface area (Å²) in [6.07, 6.45) is 0. The molecule has 4 heteroatoms. The van der Waals surface area contributed by atoms with Crippen molar-refractivity contribution in [2.75, 3.05) is 13.2 Å². The average Bonchev–Trinajstić information content (AvgIpc) is 2.61. The number of H-pyrrole nitrogens is 1. The van der Waals surface area contributed by atoms with Gasteiger partial charge in [-0.25, -0.2) is 0 Å². The zero-order valence-electron chi connectivity index (χ0n) is 10.0. The second-order valence-electron chi connectivity index (χ2n) is 4.03. The van der Waals surface area contributed by atoms with E-state index < -0.39 is 0 Å². The first-order chi connectivity index (χ1) is 8.13. The average molecular weight is 232 g/mol. The van der Waals surface area contributed by atoms with Crippen molar-refractivity contribution >= 4 is 16.7 Å². The molecule has 4 nitrogen and oxygen atoms in total. The molecule has 2 rings (SSSR count). The summed E-state index contributed by atoms with van der Waals surface area (Å²) in [5.74, 6) is 0.837. The van der Waals surface area contributed by atoms with Gasteiger partial charge in [0.15, 0.2) is 5.78 Å². The molecule has 0 spiro atoms. The minimum atomic E-state index is 0.0735. The summed E-state index contributed by atoms with van der Waals surface area (Å²) in [7, 11) is 0. The van der Waals surface area contributed by atoms with Gasteiger partial charge in [0.2, 0.25) is 0 Å². The fourth-order valence-corrected chi connectivity index (χ4v) is 2.03. The van der Waals surface area contributed by atoms with E-state index in [1.165, 1.54) is 0 Å². The maximum atomic E-state index is 11.5. The summed E-state index contributed by atoms with van der Waals surface area (Å²) >= 11 is 0. The summed E-state index contributed by atoms with van der Waals surface area (Å²) < 4.78 is 5.44. The van der Waals surface area contributed by atoms with Gasteiger partial charge >= 0.3 is 0 Å². The van der Waals surface area contributed by atoms with E-state index in [0.717, 1.165) is 27.9 Å². The molecular weight excluding hydrogens is 216 g/mol. The van der Waals surface area contributed by atoms with Crippen LogP contribution in [0.2, 0.25) is 0 Å². The third-order valence-corrected chi connectivity index (χ3v) is 2.70. The van der Waals surface area contributed by atoms with Crippen LogP contribution in [0.3, 0.4) is 0 Å². The monoisotopic (exact) mass is 232 g/mol. The van der Waals surface area contributed by atoms with Crippen LogP contribution in [-0.2, 0) is 0 Å². The van der Waals surface area contributed by atoms with E-state index in [9.17, 15) is 4.79 Å². The number of ether oxygens (including phenoxy) is 1. The molecule has 0 atom stereocenters. The first-order valence-corrected chi connectivity index (χ1v) is 5.59. The fraction of sp³-hybridized carbons (Fsp3) is 0.308. The summed E-state index contributed by atoms with van der Waals surface area (Å²) in [4.78, 5) is 14.7. The van der Waals surface area contributed by atoms with Crippen molar-refractivity contribution in [1.82, 2.24) is 4.98 Å². The Balaban J connectivity index is 2.46. The molecule has 0 aliphatic heterocycles. The molecule has 0 radical (unpaired) electrons. The Morgan fingerprint density at radius 1 is 1.47 bits per heavy atom. The lowest BCUT2D eigenvalue weighted by Crippen LogP contribution is -2.10. The van der Waals surface area contributed by atoms with Gasteiger partial charge in [0, 0.05) is 29.3 Å². The van der Waals surface area contributed by atoms with E-state index in [-0.39, 0.29) is 5.78 Å². The molecular formula is C13H16N2O2. The van der Waals surface area contributed by atoms with Gasteiger partial charge in [-0.1, -0.05) is 0 Å². The molecule has 0 saturated heterocycles. The predicted octanol–water partition coefficient (Wildman–Crippen LogP) is 2.02. The molecule has 1 heterocycles. The lowest BCUT2D eigenvalue weighted by atomic mass is 10.1. The first kappa shape index (κ1) is 11.7. The number of hydrogen-bond acceptors (Lipinski definition) is 3. The molecule has 0 fully saturated rings. The summed E-state index contributed by atoms with van der Waals surface area (Å²) in [6.45, 7) is 4.46. The molecule has 1 aromatic carbocycles. The molecule has 90 valence electrons. The molecule has 0 amide bonds. The molecule has 17 heavy (non-hydrogen) atoms. The standard InChI is InChI=1S/C13H16N2O2/c1-8-13(9(2)16)11-4-3-10(17-6-5-14)7-12(11)15-8/h3-4,7,15H,5-6,14H2,1-2H3. The topological polar surface area (TPSA) is 68.1 Å². The number of aromatic nitrogens is 1. The molecule has 0 aliphatic rings. The van der Waals surface area contributed by atoms with Crippen LogP contribution in [0.5, 0.6) is 5.75 Å². The van der Waals surface area contributed by atoms with Crippen LogP contribution in [0.1, 0.15) is 23.0 Å². The fourth-order valence-electron chi connectivity index (χ4n) is 2.03. The van der Waals surface area contributed by atoms with Crippen molar-refractivity contribution in [3.8, 4) is 5.75 Å². The number of hydrogen-bond donors (Lipinski definition) is 2. The zero-order chi connectivity index (χ0) is 12.4. The summed E-state index contributed by atoms with van der Waals surface area (Å²) in [6, 6.07) is 5.66. The minimum Gasteiger partial charge on any atom is -0.492 e. The van der Waals surface area contributed by atoms with E-state index in [0.29, 0.717) is 13.2 Å². The Bertz CT molecular complexity index is 558. The van der Waals surface area contributed by atoms with E-state index in [2.05, 4.69) is 4.98 Å². The van der Waals surface area contributed by atoms with Crippen LogP contribution in [0.15, 0.2) is 18.2 Å². The number of nitrogens with one attached hydrogen (secondary N) is 1. The van der Waals surface area contributed by atoms with Crippen molar-refractivity contribution in [3.63, 3.8) is 0 Å². The van der Waals surface area contributed by atoms with Gasteiger partial charge in [-0.3, -0.25) is 4.79 Å². The van der Waals surface area contributed by atoms with Gasteiger partial charge in [0.1, 0.15) is 12.4 Å². The van der Waals surface area contributed by atoms with Gasteiger partial charge in [-0.2, -0.15) is 0 Å². The maximum absolute atomic E-state index is 11.5. The molecule has 0 unspecified atom stereocenters. The first-order valence-electron chi connectivity index (χ1n) is 5.59. The number of rotatable bonds is 4. The van der Waals surface area contributed by atoms with Crippen LogP contribution >= 0.6 is 0 Å². The largest absolute Gasteiger partial charge is 0.492 e. The number of benzene rings is 1. The number of fused-ring (bicyclic) bond motifs is 1. The van der Waals surface area contributed by atoms with Crippen LogP contribution in [-0.4, -0.2) is 23.9 Å². The summed E-state index contributed by atoms with van der Waals surface area (Å²) in [5, 5.41) is 0.940. The normalized spacial score (nSPS) is 10.8. The van der Waals surface area contributed by atoms with Crippen LogP contribution in [0.25, 0.3) is 10.9 Å². The van der Waals surface area contributed by atoms with Gasteiger partial charge in [-0.15, -0.1) is 0 Å². The van der Waals surface area contributed by atoms with E-state index in [4.69, 9.17) is 10.5 Å². The zero-order valence-corrected chi connectivity index (χ0v) is 10.0. The molecule has 0 saturated carbocycles. The van der Waals surface area contributed by atoms with Crippen molar-refractivity contribution in [2.45, 2.75) is 13.8 Å². The Hall–Kier alpha value is -1.81. The maximum Gasteiger partial charge on any atom is 0.162 e. The highest BCUT2D eigenvalue weighted by Crippen LogP contribution is 2.26. The number of aromatic amines is 1. The number of aryl methyl sites for hydroxylation is 1. The lowest BCUT2D eigenvalue weighted by molar-refractivity contribution is 0.101. The Labute approximate surface area is 99.8 Å². The van der Waals surface area contributed by atoms with Crippen molar-refractivity contribution in [2.24, 2.45) is 5.73 Å². The van der Waals surface area contributed by atoms with Gasteiger partial charge in [-0.05, 0) is 26.0 Å². The number of carbonyl (C=O) groups is 1. The van der Waals surface area contributed by atoms with Crippen LogP contribution < -0.4 is 10.5 Å².